The van der Waals surface area contributed by atoms with Gasteiger partial charge in [-0.15, -0.1) is 0 Å². The number of carbonyl (C=O) groups is 2. The number of hydrogen-bond acceptors (Lipinski definition) is 4. The summed E-state index contributed by atoms with van der Waals surface area (Å²) in [5, 5.41) is 7.12. The van der Waals surface area contributed by atoms with Crippen molar-refractivity contribution in [1.82, 2.24) is 9.80 Å². The number of carboxylic acids is 1. The molecule has 0 aromatic heterocycles. The summed E-state index contributed by atoms with van der Waals surface area (Å²) in [5.41, 5.74) is 0.143. The molecule has 1 amide bonds. The summed E-state index contributed by atoms with van der Waals surface area (Å²) < 4.78 is 37.5. The smallest absolute Gasteiger partial charge is 0.475 e. The molecule has 0 radical (unpaired) electrons. The third-order valence-corrected chi connectivity index (χ3v) is 6.17. The fraction of sp³-hybridized carbons (Fsp3) is 0.900. The number of alkyl halides is 3. The van der Waals surface area contributed by atoms with Crippen molar-refractivity contribution in [2.24, 2.45) is 0 Å². The number of hydrogen-bond donors (Lipinski definition) is 1. The zero-order chi connectivity index (χ0) is 21.5. The van der Waals surface area contributed by atoms with Crippen molar-refractivity contribution in [2.45, 2.75) is 82.5 Å². The molecule has 9 heteroatoms. The number of nitrogens with zero attached hydrogens (tertiary/aromatic N) is 2. The SMILES string of the molecule is CCCCN1CCCC2(CCC(=O)N2CC2CCCO2)CC1.O=C(O)C(F)(F)F. The molecule has 29 heavy (non-hydrogen) atoms. The van der Waals surface area contributed by atoms with E-state index in [0.717, 1.165) is 51.8 Å². The number of rotatable bonds is 5. The second-order valence-corrected chi connectivity index (χ2v) is 8.22. The zero-order valence-electron chi connectivity index (χ0n) is 17.2. The summed E-state index contributed by atoms with van der Waals surface area (Å²) in [7, 11) is 0. The molecule has 0 saturated carbocycles. The van der Waals surface area contributed by atoms with Crippen LogP contribution in [0.1, 0.15) is 64.7 Å². The van der Waals surface area contributed by atoms with Gasteiger partial charge in [-0.2, -0.15) is 13.2 Å². The van der Waals surface area contributed by atoms with Crippen LogP contribution in [0.15, 0.2) is 0 Å². The van der Waals surface area contributed by atoms with Crippen molar-refractivity contribution in [2.75, 3.05) is 32.8 Å². The van der Waals surface area contributed by atoms with E-state index in [1.807, 2.05) is 0 Å². The van der Waals surface area contributed by atoms with Crippen LogP contribution in [0.3, 0.4) is 0 Å². The number of halogens is 3. The summed E-state index contributed by atoms with van der Waals surface area (Å²) in [6, 6.07) is 0. The molecule has 6 nitrogen and oxygen atoms in total. The quantitative estimate of drug-likeness (QED) is 0.735. The Labute approximate surface area is 170 Å². The Balaban J connectivity index is 0.000000370. The van der Waals surface area contributed by atoms with Gasteiger partial charge in [-0.05, 0) is 58.0 Å². The first-order chi connectivity index (χ1) is 13.7. The van der Waals surface area contributed by atoms with Gasteiger partial charge in [-0.3, -0.25) is 4.79 Å². The molecule has 3 aliphatic heterocycles. The van der Waals surface area contributed by atoms with E-state index < -0.39 is 12.1 Å². The van der Waals surface area contributed by atoms with Gasteiger partial charge in [0.25, 0.3) is 0 Å². The van der Waals surface area contributed by atoms with Gasteiger partial charge in [-0.1, -0.05) is 13.3 Å². The average molecular weight is 422 g/mol. The molecular weight excluding hydrogens is 389 g/mol. The molecule has 2 unspecified atom stereocenters. The maximum absolute atomic E-state index is 12.5. The van der Waals surface area contributed by atoms with Gasteiger partial charge >= 0.3 is 12.1 Å². The van der Waals surface area contributed by atoms with Crippen LogP contribution in [0.4, 0.5) is 13.2 Å². The van der Waals surface area contributed by atoms with E-state index >= 15 is 0 Å². The number of unbranched alkanes of at least 4 members (excludes halogenated alkanes) is 1. The minimum atomic E-state index is -5.08. The van der Waals surface area contributed by atoms with Gasteiger partial charge < -0.3 is 19.6 Å². The van der Waals surface area contributed by atoms with Crippen LogP contribution in [-0.2, 0) is 14.3 Å². The lowest BCUT2D eigenvalue weighted by atomic mass is 9.87. The molecule has 3 rings (SSSR count). The highest BCUT2D eigenvalue weighted by molar-refractivity contribution is 5.79. The fourth-order valence-electron chi connectivity index (χ4n) is 4.52. The predicted molar refractivity (Wildman–Crippen MR) is 102 cm³/mol. The third-order valence-electron chi connectivity index (χ3n) is 6.17. The summed E-state index contributed by atoms with van der Waals surface area (Å²) in [5.74, 6) is -2.38. The largest absolute Gasteiger partial charge is 0.490 e. The molecule has 2 atom stereocenters. The van der Waals surface area contributed by atoms with Crippen molar-refractivity contribution >= 4 is 11.9 Å². The van der Waals surface area contributed by atoms with E-state index in [1.165, 1.54) is 38.8 Å². The van der Waals surface area contributed by atoms with Gasteiger partial charge in [0, 0.05) is 31.7 Å². The van der Waals surface area contributed by atoms with Gasteiger partial charge in [0.2, 0.25) is 5.91 Å². The average Bonchev–Trinajstić information content (AvgIpc) is 3.21. The van der Waals surface area contributed by atoms with Crippen LogP contribution in [0.25, 0.3) is 0 Å². The first-order valence-corrected chi connectivity index (χ1v) is 10.6. The van der Waals surface area contributed by atoms with Crippen molar-refractivity contribution in [1.29, 1.82) is 0 Å². The highest BCUT2D eigenvalue weighted by Gasteiger charge is 2.46. The molecule has 168 valence electrons. The topological polar surface area (TPSA) is 70.1 Å². The molecule has 0 aromatic carbocycles. The molecule has 1 N–H and O–H groups in total. The normalized spacial score (nSPS) is 28.3. The summed E-state index contributed by atoms with van der Waals surface area (Å²) in [6.07, 6.45) is 5.46. The van der Waals surface area contributed by atoms with Crippen LogP contribution < -0.4 is 0 Å². The molecule has 3 saturated heterocycles. The van der Waals surface area contributed by atoms with E-state index in [0.29, 0.717) is 12.0 Å². The Morgan fingerprint density at radius 1 is 1.24 bits per heavy atom. The Morgan fingerprint density at radius 2 is 1.97 bits per heavy atom. The maximum atomic E-state index is 12.5. The summed E-state index contributed by atoms with van der Waals surface area (Å²) in [4.78, 5) is 26.2. The number of aliphatic carboxylic acids is 1. The molecule has 0 aromatic rings. The first-order valence-electron chi connectivity index (χ1n) is 10.6. The fourth-order valence-corrected chi connectivity index (χ4v) is 4.52. The predicted octanol–water partition coefficient (Wildman–Crippen LogP) is 3.45. The first kappa shape index (κ1) is 23.9. The number of amides is 1. The van der Waals surface area contributed by atoms with E-state index in [-0.39, 0.29) is 5.54 Å². The Hall–Kier alpha value is -1.35. The van der Waals surface area contributed by atoms with Crippen molar-refractivity contribution < 1.29 is 32.6 Å². The van der Waals surface area contributed by atoms with E-state index in [4.69, 9.17) is 14.6 Å². The second kappa shape index (κ2) is 10.6. The lowest BCUT2D eigenvalue weighted by molar-refractivity contribution is -0.192. The van der Waals surface area contributed by atoms with Crippen LogP contribution in [0.2, 0.25) is 0 Å². The lowest BCUT2D eigenvalue weighted by Crippen LogP contribution is -2.49. The zero-order valence-corrected chi connectivity index (χ0v) is 17.2. The highest BCUT2D eigenvalue weighted by Crippen LogP contribution is 2.39. The standard InChI is InChI=1S/C18H32N2O2.C2HF3O2/c1-2-3-11-19-12-5-8-18(10-13-19)9-7-17(21)20(18)15-16-6-4-14-22-16;3-2(4,5)1(6)7/h16H,2-15H2,1H3;(H,6,7). The Bertz CT molecular complexity index is 552. The van der Waals surface area contributed by atoms with Crippen LogP contribution in [0.5, 0.6) is 0 Å². The number of carbonyl (C=O) groups excluding carboxylic acids is 1. The lowest BCUT2D eigenvalue weighted by Gasteiger charge is -2.39. The molecule has 3 heterocycles. The van der Waals surface area contributed by atoms with Crippen LogP contribution in [0, 0.1) is 0 Å². The number of carboxylic acid groups (broad SMARTS) is 1. The van der Waals surface area contributed by atoms with Gasteiger partial charge in [-0.25, -0.2) is 4.79 Å². The summed E-state index contributed by atoms with van der Waals surface area (Å²) in [6.45, 7) is 7.59. The molecular formula is C20H33F3N2O4. The minimum Gasteiger partial charge on any atom is -0.475 e. The molecule has 3 fully saturated rings. The maximum Gasteiger partial charge on any atom is 0.490 e. The van der Waals surface area contributed by atoms with Crippen LogP contribution >= 0.6 is 0 Å². The Kier molecular flexibility index (Phi) is 8.75. The van der Waals surface area contributed by atoms with Crippen molar-refractivity contribution in [3.63, 3.8) is 0 Å². The van der Waals surface area contributed by atoms with Crippen molar-refractivity contribution in [3.8, 4) is 0 Å². The monoisotopic (exact) mass is 422 g/mol. The summed E-state index contributed by atoms with van der Waals surface area (Å²) >= 11 is 0. The van der Waals surface area contributed by atoms with E-state index in [1.54, 1.807) is 0 Å². The van der Waals surface area contributed by atoms with Crippen LogP contribution in [-0.4, -0.2) is 77.4 Å². The number of likely N-dealkylation sites (tertiary alicyclic amines) is 2. The van der Waals surface area contributed by atoms with Gasteiger partial charge in [0.1, 0.15) is 0 Å². The molecule has 1 spiro atoms. The van der Waals surface area contributed by atoms with Gasteiger partial charge in [0.05, 0.1) is 6.10 Å². The highest BCUT2D eigenvalue weighted by atomic mass is 19.4. The number of ether oxygens (including phenoxy) is 1. The van der Waals surface area contributed by atoms with E-state index in [9.17, 15) is 18.0 Å². The van der Waals surface area contributed by atoms with Crippen molar-refractivity contribution in [3.05, 3.63) is 0 Å². The minimum absolute atomic E-state index is 0.143. The molecule has 3 aliphatic rings. The third kappa shape index (κ3) is 6.84. The molecule has 0 bridgehead atoms. The molecule has 0 aliphatic carbocycles. The van der Waals surface area contributed by atoms with Gasteiger partial charge in [0.15, 0.2) is 0 Å². The second-order valence-electron chi connectivity index (χ2n) is 8.22. The Morgan fingerprint density at radius 3 is 2.55 bits per heavy atom. The van der Waals surface area contributed by atoms with E-state index in [2.05, 4.69) is 16.7 Å².